The number of hydrogen-bond acceptors (Lipinski definition) is 7. The van der Waals surface area contributed by atoms with E-state index in [0.29, 0.717) is 11.5 Å². The number of methoxy groups -OCH3 is 2. The molecule has 0 radical (unpaired) electrons. The van der Waals surface area contributed by atoms with Gasteiger partial charge in [-0.2, -0.15) is 0 Å². The summed E-state index contributed by atoms with van der Waals surface area (Å²) in [5, 5.41) is 0. The van der Waals surface area contributed by atoms with Gasteiger partial charge in [0.1, 0.15) is 29.5 Å². The van der Waals surface area contributed by atoms with Crippen molar-refractivity contribution >= 4 is 21.8 Å². The third-order valence-corrected chi connectivity index (χ3v) is 5.02. The second-order valence-electron chi connectivity index (χ2n) is 5.59. The van der Waals surface area contributed by atoms with Gasteiger partial charge in [0.25, 0.3) is 10.0 Å². The number of aliphatic imine (C=N–C) groups is 1. The van der Waals surface area contributed by atoms with Crippen LogP contribution in [0.25, 0.3) is 0 Å². The van der Waals surface area contributed by atoms with Crippen molar-refractivity contribution < 1.29 is 27.4 Å². The Morgan fingerprint density at radius 3 is 2.75 bits per heavy atom. The van der Waals surface area contributed by atoms with Crippen molar-refractivity contribution in [1.29, 1.82) is 0 Å². The first-order valence-electron chi connectivity index (χ1n) is 8.35. The lowest BCUT2D eigenvalue weighted by molar-refractivity contribution is 0.0513. The molecule has 0 spiro atoms. The fraction of sp³-hybridized carbons (Fsp3) is 0.263. The van der Waals surface area contributed by atoms with Gasteiger partial charge in [0.05, 0.1) is 25.7 Å². The summed E-state index contributed by atoms with van der Waals surface area (Å²) >= 11 is 0. The Hall–Kier alpha value is -3.07. The van der Waals surface area contributed by atoms with Gasteiger partial charge < -0.3 is 14.2 Å². The largest absolute Gasteiger partial charge is 0.497 e. The van der Waals surface area contributed by atoms with E-state index < -0.39 is 16.0 Å². The van der Waals surface area contributed by atoms with Crippen LogP contribution in [-0.4, -0.2) is 47.6 Å². The van der Waals surface area contributed by atoms with E-state index in [0.717, 1.165) is 0 Å². The van der Waals surface area contributed by atoms with Crippen molar-refractivity contribution in [2.24, 2.45) is 4.99 Å². The second-order valence-corrected chi connectivity index (χ2v) is 7.33. The first kappa shape index (κ1) is 21.2. The fourth-order valence-corrected chi connectivity index (χ4v) is 3.08. The Balaban J connectivity index is 1.99. The van der Waals surface area contributed by atoms with Gasteiger partial charge in [-0.3, -0.25) is 9.71 Å². The van der Waals surface area contributed by atoms with Crippen LogP contribution in [0.3, 0.4) is 0 Å². The Morgan fingerprint density at radius 1 is 1.25 bits per heavy atom. The first-order valence-corrected chi connectivity index (χ1v) is 9.83. The summed E-state index contributed by atoms with van der Waals surface area (Å²) in [4.78, 5) is 16.3. The molecule has 0 saturated heterocycles. The number of carbonyl (C=O) groups excluding carboxylic acids is 1. The number of nitrogens with one attached hydrogen (secondary N) is 1. The highest BCUT2D eigenvalue weighted by atomic mass is 32.2. The summed E-state index contributed by atoms with van der Waals surface area (Å²) in [7, 11) is -0.790. The molecule has 0 saturated carbocycles. The van der Waals surface area contributed by atoms with Crippen LogP contribution in [0.4, 0.5) is 0 Å². The van der Waals surface area contributed by atoms with Crippen LogP contribution in [0, 0.1) is 0 Å². The molecule has 0 atom stereocenters. The molecule has 0 aromatic heterocycles. The zero-order valence-corrected chi connectivity index (χ0v) is 16.5. The molecule has 1 aliphatic heterocycles. The summed E-state index contributed by atoms with van der Waals surface area (Å²) in [6.45, 7) is 3.58. The summed E-state index contributed by atoms with van der Waals surface area (Å²) in [6.07, 6.45) is 6.74. The predicted molar refractivity (Wildman–Crippen MR) is 106 cm³/mol. The minimum atomic E-state index is -3.74. The molecule has 9 heteroatoms. The normalized spacial score (nSPS) is 19.5. The molecule has 0 fully saturated rings. The fourth-order valence-electron chi connectivity index (χ4n) is 2.23. The highest BCUT2D eigenvalue weighted by Crippen LogP contribution is 2.25. The quantitative estimate of drug-likeness (QED) is 0.574. The first-order chi connectivity index (χ1) is 13.4. The summed E-state index contributed by atoms with van der Waals surface area (Å²) in [5.74, 6) is 0.540. The molecule has 28 heavy (non-hydrogen) atoms. The lowest BCUT2D eigenvalue weighted by Crippen LogP contribution is -2.31. The monoisotopic (exact) mass is 406 g/mol. The zero-order valence-electron chi connectivity index (χ0n) is 15.7. The number of benzene rings is 1. The van der Waals surface area contributed by atoms with Crippen molar-refractivity contribution in [1.82, 2.24) is 4.72 Å². The SMILES string of the molecule is C=C1/C=C\C=C/CC(=NCCOC(=O)c2ccc(OC)cc2OC)NS1(=O)=O. The van der Waals surface area contributed by atoms with E-state index in [9.17, 15) is 13.2 Å². The standard InChI is InChI=1S/C19H22N2O6S/c1-14-7-5-4-6-8-18(21-28(14,23)24)20-11-12-27-19(22)16-10-9-15(25-2)13-17(16)26-3/h4-7,9-10,13H,1,8,11-12H2,2-3H3,(H,20,21)/b6-4-,7-5-. The number of esters is 1. The Morgan fingerprint density at radius 2 is 2.04 bits per heavy atom. The van der Waals surface area contributed by atoms with Gasteiger partial charge in [-0.1, -0.05) is 24.8 Å². The predicted octanol–water partition coefficient (Wildman–Crippen LogP) is 2.21. The molecular formula is C19H22N2O6S. The average Bonchev–Trinajstić information content (AvgIpc) is 2.74. The lowest BCUT2D eigenvalue weighted by atomic mass is 10.2. The van der Waals surface area contributed by atoms with Crippen LogP contribution in [0.2, 0.25) is 0 Å². The summed E-state index contributed by atoms with van der Waals surface area (Å²) in [5.41, 5.74) is 0.254. The van der Waals surface area contributed by atoms with Crippen LogP contribution in [-0.2, 0) is 14.8 Å². The van der Waals surface area contributed by atoms with Gasteiger partial charge in [0.2, 0.25) is 0 Å². The third-order valence-electron chi connectivity index (χ3n) is 3.69. The van der Waals surface area contributed by atoms with E-state index in [4.69, 9.17) is 14.2 Å². The Bertz CT molecular complexity index is 932. The van der Waals surface area contributed by atoms with Crippen LogP contribution < -0.4 is 14.2 Å². The Labute approximate surface area is 164 Å². The molecule has 150 valence electrons. The minimum Gasteiger partial charge on any atom is -0.497 e. The maximum absolute atomic E-state index is 12.2. The van der Waals surface area contributed by atoms with Crippen LogP contribution >= 0.6 is 0 Å². The number of ether oxygens (including phenoxy) is 3. The molecule has 8 nitrogen and oxygen atoms in total. The van der Waals surface area contributed by atoms with Crippen molar-refractivity contribution in [2.75, 3.05) is 27.4 Å². The number of sulfonamides is 1. The van der Waals surface area contributed by atoms with Crippen LogP contribution in [0.5, 0.6) is 11.5 Å². The lowest BCUT2D eigenvalue weighted by Gasteiger charge is -2.11. The summed E-state index contributed by atoms with van der Waals surface area (Å²) < 4.78 is 42.0. The molecule has 1 heterocycles. The van der Waals surface area contributed by atoms with Crippen molar-refractivity contribution in [3.8, 4) is 11.5 Å². The summed E-state index contributed by atoms with van der Waals surface area (Å²) in [6, 6.07) is 4.75. The molecule has 0 unspecified atom stereocenters. The van der Waals surface area contributed by atoms with Gasteiger partial charge in [-0.05, 0) is 18.2 Å². The Kier molecular flexibility index (Phi) is 7.39. The van der Waals surface area contributed by atoms with Gasteiger partial charge in [0, 0.05) is 12.5 Å². The van der Waals surface area contributed by atoms with Crippen molar-refractivity contribution in [3.63, 3.8) is 0 Å². The maximum atomic E-state index is 12.2. The van der Waals surface area contributed by atoms with Gasteiger partial charge in [-0.25, -0.2) is 13.2 Å². The molecular weight excluding hydrogens is 384 g/mol. The second kappa shape index (κ2) is 9.75. The zero-order chi connectivity index (χ0) is 20.6. The number of rotatable bonds is 6. The highest BCUT2D eigenvalue weighted by molar-refractivity contribution is 7.94. The molecule has 0 amide bonds. The third kappa shape index (κ3) is 5.71. The van der Waals surface area contributed by atoms with Crippen LogP contribution in [0.15, 0.2) is 59.0 Å². The van der Waals surface area contributed by atoms with E-state index in [1.54, 1.807) is 36.4 Å². The van der Waals surface area contributed by atoms with Crippen LogP contribution in [0.1, 0.15) is 16.8 Å². The van der Waals surface area contributed by atoms with Gasteiger partial charge in [-0.15, -0.1) is 0 Å². The topological polar surface area (TPSA) is 103 Å². The number of allylic oxidation sites excluding steroid dienone is 3. The van der Waals surface area contributed by atoms with Crippen molar-refractivity contribution in [3.05, 3.63) is 59.6 Å². The van der Waals surface area contributed by atoms with Crippen molar-refractivity contribution in [2.45, 2.75) is 6.42 Å². The maximum Gasteiger partial charge on any atom is 0.341 e. The van der Waals surface area contributed by atoms with E-state index in [-0.39, 0.29) is 35.9 Å². The average molecular weight is 406 g/mol. The van der Waals surface area contributed by atoms with E-state index in [1.165, 1.54) is 20.3 Å². The molecule has 1 N–H and O–H groups in total. The van der Waals surface area contributed by atoms with Gasteiger partial charge >= 0.3 is 5.97 Å². The number of carbonyl (C=O) groups is 1. The number of hydrogen-bond donors (Lipinski definition) is 1. The molecule has 2 rings (SSSR count). The van der Waals surface area contributed by atoms with E-state index in [2.05, 4.69) is 16.3 Å². The smallest absolute Gasteiger partial charge is 0.341 e. The molecule has 1 aliphatic rings. The number of nitrogens with zero attached hydrogens (tertiary/aromatic N) is 1. The molecule has 0 bridgehead atoms. The van der Waals surface area contributed by atoms with E-state index in [1.807, 2.05) is 0 Å². The molecule has 0 aliphatic carbocycles. The molecule has 1 aromatic rings. The minimum absolute atomic E-state index is 0.0256. The molecule has 1 aromatic carbocycles. The van der Waals surface area contributed by atoms with E-state index >= 15 is 0 Å². The number of amidine groups is 1. The highest BCUT2D eigenvalue weighted by Gasteiger charge is 2.16. The van der Waals surface area contributed by atoms with Gasteiger partial charge in [0.15, 0.2) is 0 Å².